The predicted octanol–water partition coefficient (Wildman–Crippen LogP) is 5.54. The van der Waals surface area contributed by atoms with E-state index < -0.39 is 11.7 Å². The number of H-pyrrole nitrogens is 1. The van der Waals surface area contributed by atoms with Crippen LogP contribution >= 0.6 is 11.6 Å². The third-order valence-corrected chi connectivity index (χ3v) is 5.68. The fraction of sp³-hybridized carbons (Fsp3) is 0.160. The maximum atomic E-state index is 14.3. The highest BCUT2D eigenvalue weighted by Crippen LogP contribution is 2.40. The van der Waals surface area contributed by atoms with Crippen LogP contribution in [0.25, 0.3) is 10.9 Å². The largest absolute Gasteiger partial charge is 0.493 e. The Balaban J connectivity index is 1.74. The molecule has 1 heterocycles. The summed E-state index contributed by atoms with van der Waals surface area (Å²) >= 11 is 5.81. The number of halogens is 2. The van der Waals surface area contributed by atoms with E-state index in [9.17, 15) is 9.18 Å². The Morgan fingerprint density at radius 1 is 1.06 bits per heavy atom. The lowest BCUT2D eigenvalue weighted by molar-refractivity contribution is 0.0948. The zero-order chi connectivity index (χ0) is 22.7. The SMILES string of the molecule is COc1cccc(C(CNC(=O)c2ccc(Cl)cc2F)c2c[nH]c3ccccc23)c1OC. The molecule has 0 radical (unpaired) electrons. The molecular weight excluding hydrogens is 431 g/mol. The number of rotatable bonds is 7. The zero-order valence-electron chi connectivity index (χ0n) is 17.6. The van der Waals surface area contributed by atoms with Crippen LogP contribution in [0.5, 0.6) is 11.5 Å². The highest BCUT2D eigenvalue weighted by atomic mass is 35.5. The number of amides is 1. The van der Waals surface area contributed by atoms with Crippen molar-refractivity contribution in [2.75, 3.05) is 20.8 Å². The van der Waals surface area contributed by atoms with Crippen molar-refractivity contribution in [2.24, 2.45) is 0 Å². The molecule has 1 amide bonds. The molecule has 4 aromatic rings. The molecule has 0 bridgehead atoms. The van der Waals surface area contributed by atoms with Crippen LogP contribution in [0.1, 0.15) is 27.4 Å². The summed E-state index contributed by atoms with van der Waals surface area (Å²) in [6, 6.07) is 17.5. The number of aromatic amines is 1. The third-order valence-electron chi connectivity index (χ3n) is 5.45. The Morgan fingerprint density at radius 3 is 2.62 bits per heavy atom. The maximum Gasteiger partial charge on any atom is 0.254 e. The van der Waals surface area contributed by atoms with E-state index in [1.165, 1.54) is 12.1 Å². The number of methoxy groups -OCH3 is 2. The molecule has 1 atom stereocenters. The highest BCUT2D eigenvalue weighted by molar-refractivity contribution is 6.30. The number of aromatic nitrogens is 1. The smallest absolute Gasteiger partial charge is 0.254 e. The molecule has 0 fully saturated rings. The van der Waals surface area contributed by atoms with Gasteiger partial charge in [-0.1, -0.05) is 41.9 Å². The van der Waals surface area contributed by atoms with Gasteiger partial charge in [0.2, 0.25) is 0 Å². The minimum Gasteiger partial charge on any atom is -0.493 e. The Morgan fingerprint density at radius 2 is 1.88 bits per heavy atom. The lowest BCUT2D eigenvalue weighted by Crippen LogP contribution is -2.29. The zero-order valence-corrected chi connectivity index (χ0v) is 18.4. The molecule has 0 aliphatic rings. The van der Waals surface area contributed by atoms with Gasteiger partial charge >= 0.3 is 0 Å². The van der Waals surface area contributed by atoms with Gasteiger partial charge in [0, 0.05) is 40.1 Å². The molecule has 7 heteroatoms. The van der Waals surface area contributed by atoms with E-state index in [1.807, 2.05) is 48.7 Å². The summed E-state index contributed by atoms with van der Waals surface area (Å²) in [5.74, 6) is -0.305. The van der Waals surface area contributed by atoms with E-state index in [2.05, 4.69) is 10.3 Å². The van der Waals surface area contributed by atoms with Crippen molar-refractivity contribution in [3.05, 3.63) is 94.4 Å². The third kappa shape index (κ3) is 4.14. The first-order valence-corrected chi connectivity index (χ1v) is 10.4. The van der Waals surface area contributed by atoms with Gasteiger partial charge in [-0.25, -0.2) is 4.39 Å². The molecule has 0 spiro atoms. The minimum atomic E-state index is -0.669. The van der Waals surface area contributed by atoms with Crippen LogP contribution in [0.2, 0.25) is 5.02 Å². The molecule has 0 aliphatic heterocycles. The normalized spacial score (nSPS) is 11.9. The molecule has 32 heavy (non-hydrogen) atoms. The Kier molecular flexibility index (Phi) is 6.32. The Bertz CT molecular complexity index is 1270. The number of carbonyl (C=O) groups excluding carboxylic acids is 1. The second kappa shape index (κ2) is 9.32. The number of fused-ring (bicyclic) bond motifs is 1. The van der Waals surface area contributed by atoms with Crippen molar-refractivity contribution in [1.29, 1.82) is 0 Å². The first kappa shape index (κ1) is 21.7. The average Bonchev–Trinajstić information content (AvgIpc) is 3.23. The van der Waals surface area contributed by atoms with E-state index in [0.717, 1.165) is 28.1 Å². The number of ether oxygens (including phenoxy) is 2. The summed E-state index contributed by atoms with van der Waals surface area (Å²) in [5, 5.41) is 4.12. The molecule has 164 valence electrons. The number of benzene rings is 3. The quantitative estimate of drug-likeness (QED) is 0.387. The van der Waals surface area contributed by atoms with Gasteiger partial charge in [0.25, 0.3) is 5.91 Å². The van der Waals surface area contributed by atoms with E-state index in [0.29, 0.717) is 11.5 Å². The number of hydrogen-bond donors (Lipinski definition) is 2. The maximum absolute atomic E-state index is 14.3. The van der Waals surface area contributed by atoms with Gasteiger partial charge in [-0.05, 0) is 35.9 Å². The molecule has 0 saturated heterocycles. The van der Waals surface area contributed by atoms with Gasteiger partial charge in [0.15, 0.2) is 11.5 Å². The predicted molar refractivity (Wildman–Crippen MR) is 123 cm³/mol. The van der Waals surface area contributed by atoms with Crippen LogP contribution in [0.3, 0.4) is 0 Å². The van der Waals surface area contributed by atoms with Gasteiger partial charge in [-0.15, -0.1) is 0 Å². The Labute approximate surface area is 190 Å². The summed E-state index contributed by atoms with van der Waals surface area (Å²) in [5.41, 5.74) is 2.73. The molecule has 1 aromatic heterocycles. The topological polar surface area (TPSA) is 63.3 Å². The summed E-state index contributed by atoms with van der Waals surface area (Å²) in [4.78, 5) is 16.0. The van der Waals surface area contributed by atoms with Crippen molar-refractivity contribution >= 4 is 28.4 Å². The van der Waals surface area contributed by atoms with Crippen LogP contribution < -0.4 is 14.8 Å². The van der Waals surface area contributed by atoms with E-state index >= 15 is 0 Å². The van der Waals surface area contributed by atoms with E-state index in [4.69, 9.17) is 21.1 Å². The molecular formula is C25H22ClFN2O3. The van der Waals surface area contributed by atoms with Crippen molar-refractivity contribution < 1.29 is 18.7 Å². The van der Waals surface area contributed by atoms with Crippen molar-refractivity contribution in [1.82, 2.24) is 10.3 Å². The summed E-state index contributed by atoms with van der Waals surface area (Å²) in [7, 11) is 3.16. The van der Waals surface area contributed by atoms with Crippen LogP contribution in [0.15, 0.2) is 66.9 Å². The van der Waals surface area contributed by atoms with Gasteiger partial charge in [-0.3, -0.25) is 4.79 Å². The number of hydrogen-bond acceptors (Lipinski definition) is 3. The lowest BCUT2D eigenvalue weighted by atomic mass is 9.89. The van der Waals surface area contributed by atoms with Gasteiger partial charge < -0.3 is 19.8 Å². The second-order valence-corrected chi connectivity index (χ2v) is 7.70. The van der Waals surface area contributed by atoms with Crippen LogP contribution in [0.4, 0.5) is 4.39 Å². The van der Waals surface area contributed by atoms with Crippen molar-refractivity contribution in [2.45, 2.75) is 5.92 Å². The minimum absolute atomic E-state index is 0.0651. The average molecular weight is 453 g/mol. The van der Waals surface area contributed by atoms with Gasteiger partial charge in [0.05, 0.1) is 19.8 Å². The van der Waals surface area contributed by atoms with E-state index in [-0.39, 0.29) is 23.0 Å². The molecule has 2 N–H and O–H groups in total. The second-order valence-electron chi connectivity index (χ2n) is 7.26. The highest BCUT2D eigenvalue weighted by Gasteiger charge is 2.25. The summed E-state index contributed by atoms with van der Waals surface area (Å²) < 4.78 is 25.4. The standard InChI is InChI=1S/C25H22ClFN2O3/c1-31-23-9-5-7-17(24(23)32-2)20(19-13-28-22-8-4-3-6-16(19)22)14-29-25(30)18-11-10-15(26)12-21(18)27/h3-13,20,28H,14H2,1-2H3,(H,29,30). The Hall–Kier alpha value is -3.51. The number of para-hydroxylation sites is 2. The lowest BCUT2D eigenvalue weighted by Gasteiger charge is -2.22. The molecule has 5 nitrogen and oxygen atoms in total. The van der Waals surface area contributed by atoms with Crippen LogP contribution in [0, 0.1) is 5.82 Å². The van der Waals surface area contributed by atoms with Crippen molar-refractivity contribution in [3.63, 3.8) is 0 Å². The molecule has 0 saturated carbocycles. The van der Waals surface area contributed by atoms with E-state index in [1.54, 1.807) is 14.2 Å². The van der Waals surface area contributed by atoms with Crippen LogP contribution in [-0.4, -0.2) is 31.7 Å². The van der Waals surface area contributed by atoms with Gasteiger partial charge in [-0.2, -0.15) is 0 Å². The molecule has 1 unspecified atom stereocenters. The first-order valence-electron chi connectivity index (χ1n) is 10.0. The van der Waals surface area contributed by atoms with Gasteiger partial charge in [0.1, 0.15) is 5.82 Å². The monoisotopic (exact) mass is 452 g/mol. The van der Waals surface area contributed by atoms with Crippen LogP contribution in [-0.2, 0) is 0 Å². The molecule has 4 rings (SSSR count). The number of carbonyl (C=O) groups is 1. The first-order chi connectivity index (χ1) is 15.5. The molecule has 0 aliphatic carbocycles. The summed E-state index contributed by atoms with van der Waals surface area (Å²) in [6.07, 6.45) is 1.92. The van der Waals surface area contributed by atoms with Crippen molar-refractivity contribution in [3.8, 4) is 11.5 Å². The molecule has 3 aromatic carbocycles. The fourth-order valence-corrected chi connectivity index (χ4v) is 4.08. The summed E-state index contributed by atoms with van der Waals surface area (Å²) in [6.45, 7) is 0.215. The number of nitrogens with one attached hydrogen (secondary N) is 2. The fourth-order valence-electron chi connectivity index (χ4n) is 3.92.